The second-order valence-electron chi connectivity index (χ2n) is 7.13. The highest BCUT2D eigenvalue weighted by molar-refractivity contribution is 5.38. The van der Waals surface area contributed by atoms with Crippen molar-refractivity contribution in [3.05, 3.63) is 59.0 Å². The number of hydrogen-bond acceptors (Lipinski definition) is 4. The van der Waals surface area contributed by atoms with Crippen molar-refractivity contribution >= 4 is 5.82 Å². The van der Waals surface area contributed by atoms with Gasteiger partial charge in [0, 0.05) is 49.4 Å². The molecule has 3 aromatic rings. The van der Waals surface area contributed by atoms with Gasteiger partial charge >= 0.3 is 0 Å². The summed E-state index contributed by atoms with van der Waals surface area (Å²) in [6.07, 6.45) is 0. The lowest BCUT2D eigenvalue weighted by Gasteiger charge is -2.25. The minimum Gasteiger partial charge on any atom is -0.370 e. The maximum atomic E-state index is 4.73. The van der Waals surface area contributed by atoms with Crippen molar-refractivity contribution in [2.75, 3.05) is 18.4 Å². The van der Waals surface area contributed by atoms with Crippen LogP contribution in [0.4, 0.5) is 5.82 Å². The number of aryl methyl sites for hydroxylation is 2. The summed E-state index contributed by atoms with van der Waals surface area (Å²) in [6, 6.07) is 12.4. The van der Waals surface area contributed by atoms with Gasteiger partial charge in [-0.05, 0) is 32.9 Å². The summed E-state index contributed by atoms with van der Waals surface area (Å²) in [4.78, 5) is 0. The Bertz CT molecular complexity index is 893. The van der Waals surface area contributed by atoms with Crippen LogP contribution in [0.2, 0.25) is 0 Å². The lowest BCUT2D eigenvalue weighted by Crippen LogP contribution is -2.35. The Labute approximate surface area is 154 Å². The molecule has 0 aliphatic carbocycles. The first-order valence-corrected chi connectivity index (χ1v) is 9.21. The van der Waals surface area contributed by atoms with Gasteiger partial charge in [-0.3, -0.25) is 0 Å². The Morgan fingerprint density at radius 3 is 2.77 bits per heavy atom. The average Bonchev–Trinajstić information content (AvgIpc) is 3.15. The zero-order valence-corrected chi connectivity index (χ0v) is 15.7. The van der Waals surface area contributed by atoms with Crippen LogP contribution in [0.5, 0.6) is 0 Å². The van der Waals surface area contributed by atoms with E-state index in [-0.39, 0.29) is 0 Å². The molecule has 1 aliphatic heterocycles. The van der Waals surface area contributed by atoms with E-state index in [1.165, 1.54) is 11.3 Å². The Balaban J connectivity index is 1.39. The number of benzene rings is 1. The van der Waals surface area contributed by atoms with Crippen LogP contribution in [0.1, 0.15) is 22.6 Å². The van der Waals surface area contributed by atoms with Crippen LogP contribution in [-0.2, 0) is 13.1 Å². The molecule has 6 heteroatoms. The highest BCUT2D eigenvalue weighted by Gasteiger charge is 2.19. The molecular formula is C20H26N6. The fourth-order valence-electron chi connectivity index (χ4n) is 3.67. The van der Waals surface area contributed by atoms with Crippen LogP contribution in [0, 0.1) is 26.7 Å². The molecule has 4 rings (SSSR count). The third-order valence-electron chi connectivity index (χ3n) is 5.08. The first kappa shape index (κ1) is 16.8. The van der Waals surface area contributed by atoms with E-state index in [2.05, 4.69) is 52.5 Å². The molecule has 0 saturated heterocycles. The van der Waals surface area contributed by atoms with E-state index < -0.39 is 0 Å². The van der Waals surface area contributed by atoms with Crippen LogP contribution in [0.25, 0.3) is 5.69 Å². The molecular weight excluding hydrogens is 324 g/mol. The molecule has 2 N–H and O–H groups in total. The summed E-state index contributed by atoms with van der Waals surface area (Å²) in [6.45, 7) is 10.0. The van der Waals surface area contributed by atoms with Crippen LogP contribution in [-0.4, -0.2) is 32.7 Å². The lowest BCUT2D eigenvalue weighted by molar-refractivity contribution is 0.390. The summed E-state index contributed by atoms with van der Waals surface area (Å²) >= 11 is 0. The average molecular weight is 350 g/mol. The summed E-state index contributed by atoms with van der Waals surface area (Å²) in [5.41, 5.74) is 5.75. The molecule has 1 aromatic carbocycles. The zero-order valence-electron chi connectivity index (χ0n) is 15.7. The molecule has 0 spiro atoms. The van der Waals surface area contributed by atoms with Crippen LogP contribution in [0.3, 0.4) is 0 Å². The van der Waals surface area contributed by atoms with Gasteiger partial charge in [-0.2, -0.15) is 10.2 Å². The van der Waals surface area contributed by atoms with Gasteiger partial charge in [-0.15, -0.1) is 0 Å². The van der Waals surface area contributed by atoms with Crippen molar-refractivity contribution in [3.63, 3.8) is 0 Å². The minimum absolute atomic E-state index is 0.534. The van der Waals surface area contributed by atoms with Crippen molar-refractivity contribution in [1.82, 2.24) is 24.9 Å². The monoisotopic (exact) mass is 350 g/mol. The Morgan fingerprint density at radius 2 is 1.96 bits per heavy atom. The molecule has 0 saturated carbocycles. The fraction of sp³-hybridized carbons (Fsp3) is 0.400. The zero-order chi connectivity index (χ0) is 18.1. The molecule has 26 heavy (non-hydrogen) atoms. The van der Waals surface area contributed by atoms with Gasteiger partial charge in [0.05, 0.1) is 17.1 Å². The molecule has 0 bridgehead atoms. The predicted octanol–water partition coefficient (Wildman–Crippen LogP) is 2.83. The number of fused-ring (bicyclic) bond motifs is 1. The molecule has 2 aromatic heterocycles. The second kappa shape index (κ2) is 6.96. The molecule has 1 aliphatic rings. The van der Waals surface area contributed by atoms with E-state index in [4.69, 9.17) is 5.10 Å². The first-order chi connectivity index (χ1) is 12.6. The summed E-state index contributed by atoms with van der Waals surface area (Å²) < 4.78 is 4.11. The number of nitrogens with one attached hydrogen (secondary N) is 2. The van der Waals surface area contributed by atoms with Crippen molar-refractivity contribution < 1.29 is 0 Å². The maximum absolute atomic E-state index is 4.73. The molecule has 0 radical (unpaired) electrons. The van der Waals surface area contributed by atoms with E-state index in [0.29, 0.717) is 5.92 Å². The summed E-state index contributed by atoms with van der Waals surface area (Å²) in [5.74, 6) is 1.67. The van der Waals surface area contributed by atoms with Gasteiger partial charge in [-0.1, -0.05) is 18.2 Å². The Hall–Kier alpha value is -2.60. The number of rotatable bonds is 5. The van der Waals surface area contributed by atoms with Gasteiger partial charge in [-0.25, -0.2) is 9.36 Å². The topological polar surface area (TPSA) is 59.7 Å². The predicted molar refractivity (Wildman–Crippen MR) is 104 cm³/mol. The van der Waals surface area contributed by atoms with E-state index >= 15 is 0 Å². The second-order valence-corrected chi connectivity index (χ2v) is 7.13. The fourth-order valence-corrected chi connectivity index (χ4v) is 3.67. The van der Waals surface area contributed by atoms with Gasteiger partial charge in [0.1, 0.15) is 5.82 Å². The van der Waals surface area contributed by atoms with Crippen LogP contribution >= 0.6 is 0 Å². The highest BCUT2D eigenvalue weighted by Crippen LogP contribution is 2.19. The summed E-state index contributed by atoms with van der Waals surface area (Å²) in [5, 5.41) is 16.4. The van der Waals surface area contributed by atoms with Crippen molar-refractivity contribution in [3.8, 4) is 5.69 Å². The maximum Gasteiger partial charge on any atom is 0.124 e. The van der Waals surface area contributed by atoms with E-state index in [1.54, 1.807) is 0 Å². The quantitative estimate of drug-likeness (QED) is 0.743. The third kappa shape index (κ3) is 3.24. The van der Waals surface area contributed by atoms with E-state index in [0.717, 1.165) is 49.1 Å². The van der Waals surface area contributed by atoms with Crippen molar-refractivity contribution in [1.29, 1.82) is 0 Å². The Kier molecular flexibility index (Phi) is 4.51. The number of para-hydroxylation sites is 1. The van der Waals surface area contributed by atoms with Crippen LogP contribution < -0.4 is 10.6 Å². The molecule has 3 heterocycles. The molecule has 0 amide bonds. The third-order valence-corrected chi connectivity index (χ3v) is 5.08. The van der Waals surface area contributed by atoms with Crippen molar-refractivity contribution in [2.45, 2.75) is 33.9 Å². The van der Waals surface area contributed by atoms with Crippen LogP contribution in [0.15, 0.2) is 36.4 Å². The van der Waals surface area contributed by atoms with E-state index in [9.17, 15) is 0 Å². The normalized spacial score (nSPS) is 16.3. The molecule has 0 fully saturated rings. The van der Waals surface area contributed by atoms with Gasteiger partial charge in [0.25, 0.3) is 0 Å². The SMILES string of the molecule is Cc1cc2n(n1)C[C@@H](CNCc1c(C)nn(-c3ccccc3)c1C)CN2. The molecule has 1 atom stereocenters. The smallest absolute Gasteiger partial charge is 0.124 e. The number of anilines is 1. The number of aromatic nitrogens is 4. The first-order valence-electron chi connectivity index (χ1n) is 9.21. The summed E-state index contributed by atoms with van der Waals surface area (Å²) in [7, 11) is 0. The van der Waals surface area contributed by atoms with Crippen molar-refractivity contribution in [2.24, 2.45) is 5.92 Å². The number of nitrogens with zero attached hydrogens (tertiary/aromatic N) is 4. The molecule has 6 nitrogen and oxygen atoms in total. The molecule has 136 valence electrons. The largest absolute Gasteiger partial charge is 0.370 e. The highest BCUT2D eigenvalue weighted by atomic mass is 15.3. The molecule has 0 unspecified atom stereocenters. The number of hydrogen-bond donors (Lipinski definition) is 2. The minimum atomic E-state index is 0.534. The van der Waals surface area contributed by atoms with Gasteiger partial charge in [0.2, 0.25) is 0 Å². The van der Waals surface area contributed by atoms with E-state index in [1.807, 2.05) is 29.8 Å². The Morgan fingerprint density at radius 1 is 1.15 bits per heavy atom. The lowest BCUT2D eigenvalue weighted by atomic mass is 10.1. The van der Waals surface area contributed by atoms with Gasteiger partial charge in [0.15, 0.2) is 0 Å². The van der Waals surface area contributed by atoms with Gasteiger partial charge < -0.3 is 10.6 Å². The standard InChI is InChI=1S/C20H26N6/c1-14-9-20-22-11-17(13-25(20)23-14)10-21-12-19-15(2)24-26(16(19)3)18-7-5-4-6-8-18/h4-9,17,21-22H,10-13H2,1-3H3/t17-/m0/s1.